The molecule has 2 atom stereocenters. The van der Waals surface area contributed by atoms with Gasteiger partial charge in [-0.25, -0.2) is 0 Å². The highest BCUT2D eigenvalue weighted by Gasteiger charge is 2.27. The van der Waals surface area contributed by atoms with Crippen LogP contribution in [0.15, 0.2) is 53.5 Å². The van der Waals surface area contributed by atoms with Gasteiger partial charge in [-0.2, -0.15) is 0 Å². The molecule has 1 fully saturated rings. The largest absolute Gasteiger partial charge is 0.497 e. The third kappa shape index (κ3) is 4.01. The number of para-hydroxylation sites is 2. The first-order chi connectivity index (χ1) is 13.8. The lowest BCUT2D eigenvalue weighted by atomic mass is 9.98. The Hall–Kier alpha value is -2.89. The second-order valence-electron chi connectivity index (χ2n) is 7.13. The van der Waals surface area contributed by atoms with Crippen molar-refractivity contribution in [3.63, 3.8) is 0 Å². The number of nitrogens with zero attached hydrogens (tertiary/aromatic N) is 2. The van der Waals surface area contributed by atoms with E-state index in [1.54, 1.807) is 7.11 Å². The van der Waals surface area contributed by atoms with Crippen molar-refractivity contribution in [2.24, 2.45) is 4.99 Å². The van der Waals surface area contributed by atoms with Crippen LogP contribution in [0.4, 0.5) is 0 Å². The van der Waals surface area contributed by atoms with Gasteiger partial charge >= 0.3 is 0 Å². The highest BCUT2D eigenvalue weighted by atomic mass is 16.6. The smallest absolute Gasteiger partial charge is 0.193 e. The molecule has 2 unspecified atom stereocenters. The number of ether oxygens (including phenoxy) is 3. The van der Waals surface area contributed by atoms with Gasteiger partial charge < -0.3 is 24.4 Å². The van der Waals surface area contributed by atoms with E-state index in [1.807, 2.05) is 43.4 Å². The molecule has 1 saturated heterocycles. The predicted molar refractivity (Wildman–Crippen MR) is 110 cm³/mol. The van der Waals surface area contributed by atoms with Gasteiger partial charge in [0.1, 0.15) is 18.5 Å². The Balaban J connectivity index is 1.31. The number of likely N-dealkylation sites (tertiary alicyclic amines) is 1. The number of nitrogens with one attached hydrogen (secondary N) is 1. The average molecular weight is 381 g/mol. The SMILES string of the molecule is CN=C(NCC1COc2ccccc2O1)N1CCC(c2ccc(OC)cc2)C1. The van der Waals surface area contributed by atoms with Gasteiger partial charge in [0.2, 0.25) is 0 Å². The minimum Gasteiger partial charge on any atom is -0.497 e. The summed E-state index contributed by atoms with van der Waals surface area (Å²) in [6, 6.07) is 16.2. The summed E-state index contributed by atoms with van der Waals surface area (Å²) in [6.45, 7) is 3.14. The van der Waals surface area contributed by atoms with E-state index in [2.05, 4.69) is 27.3 Å². The Bertz CT molecular complexity index is 822. The molecule has 0 saturated carbocycles. The minimum atomic E-state index is -0.0355. The molecule has 148 valence electrons. The highest BCUT2D eigenvalue weighted by Crippen LogP contribution is 2.31. The van der Waals surface area contributed by atoms with Crippen molar-refractivity contribution in [3.05, 3.63) is 54.1 Å². The number of aliphatic imine (C=N–C) groups is 1. The van der Waals surface area contributed by atoms with Crippen molar-refractivity contribution in [3.8, 4) is 17.2 Å². The Morgan fingerprint density at radius 1 is 1.18 bits per heavy atom. The van der Waals surface area contributed by atoms with Crippen LogP contribution in [0.5, 0.6) is 17.2 Å². The predicted octanol–water partition coefficient (Wildman–Crippen LogP) is 2.90. The van der Waals surface area contributed by atoms with E-state index in [-0.39, 0.29) is 6.10 Å². The standard InChI is InChI=1S/C22H27N3O3/c1-23-22(24-13-19-15-27-20-5-3-4-6-21(20)28-19)25-12-11-17(14-25)16-7-9-18(26-2)10-8-16/h3-10,17,19H,11-15H2,1-2H3,(H,23,24). The molecular formula is C22H27N3O3. The first-order valence-electron chi connectivity index (χ1n) is 9.75. The number of guanidine groups is 1. The molecule has 0 aliphatic carbocycles. The zero-order valence-corrected chi connectivity index (χ0v) is 16.4. The van der Waals surface area contributed by atoms with Crippen LogP contribution in [0.25, 0.3) is 0 Å². The Morgan fingerprint density at radius 3 is 2.71 bits per heavy atom. The maximum Gasteiger partial charge on any atom is 0.193 e. The third-order valence-corrected chi connectivity index (χ3v) is 5.34. The summed E-state index contributed by atoms with van der Waals surface area (Å²) in [6.07, 6.45) is 1.08. The highest BCUT2D eigenvalue weighted by molar-refractivity contribution is 5.80. The summed E-state index contributed by atoms with van der Waals surface area (Å²) in [7, 11) is 3.53. The molecule has 6 nitrogen and oxygen atoms in total. The van der Waals surface area contributed by atoms with Gasteiger partial charge in [-0.1, -0.05) is 24.3 Å². The molecule has 0 aromatic heterocycles. The Labute approximate surface area is 166 Å². The molecule has 6 heteroatoms. The van der Waals surface area contributed by atoms with Gasteiger partial charge in [0.25, 0.3) is 0 Å². The average Bonchev–Trinajstić information content (AvgIpc) is 3.24. The fourth-order valence-corrected chi connectivity index (χ4v) is 3.80. The van der Waals surface area contributed by atoms with Crippen molar-refractivity contribution in [1.29, 1.82) is 0 Å². The number of benzene rings is 2. The summed E-state index contributed by atoms with van der Waals surface area (Å²) < 4.78 is 17.1. The van der Waals surface area contributed by atoms with Crippen LogP contribution in [0.1, 0.15) is 17.9 Å². The van der Waals surface area contributed by atoms with Crippen molar-refractivity contribution in [2.75, 3.05) is 40.4 Å². The van der Waals surface area contributed by atoms with Gasteiger partial charge in [-0.15, -0.1) is 0 Å². The van der Waals surface area contributed by atoms with Crippen LogP contribution in [-0.4, -0.2) is 57.4 Å². The van der Waals surface area contributed by atoms with Crippen LogP contribution in [0, 0.1) is 0 Å². The van der Waals surface area contributed by atoms with Gasteiger partial charge in [-0.3, -0.25) is 4.99 Å². The molecule has 0 amide bonds. The third-order valence-electron chi connectivity index (χ3n) is 5.34. The number of hydrogen-bond acceptors (Lipinski definition) is 4. The van der Waals surface area contributed by atoms with E-state index >= 15 is 0 Å². The molecule has 2 aliphatic heterocycles. The van der Waals surface area contributed by atoms with Crippen LogP contribution >= 0.6 is 0 Å². The fraction of sp³-hybridized carbons (Fsp3) is 0.409. The van der Waals surface area contributed by atoms with E-state index in [4.69, 9.17) is 14.2 Å². The van der Waals surface area contributed by atoms with Crippen LogP contribution in [0.2, 0.25) is 0 Å². The molecule has 0 bridgehead atoms. The van der Waals surface area contributed by atoms with Crippen molar-refractivity contribution >= 4 is 5.96 Å². The van der Waals surface area contributed by atoms with Crippen molar-refractivity contribution in [2.45, 2.75) is 18.4 Å². The van der Waals surface area contributed by atoms with E-state index < -0.39 is 0 Å². The molecule has 2 aromatic rings. The molecule has 2 aromatic carbocycles. The lowest BCUT2D eigenvalue weighted by molar-refractivity contribution is 0.0932. The van der Waals surface area contributed by atoms with Crippen LogP contribution < -0.4 is 19.5 Å². The summed E-state index contributed by atoms with van der Waals surface area (Å²) in [4.78, 5) is 6.78. The van der Waals surface area contributed by atoms with E-state index in [1.165, 1.54) is 5.56 Å². The number of hydrogen-bond donors (Lipinski definition) is 1. The fourth-order valence-electron chi connectivity index (χ4n) is 3.80. The number of methoxy groups -OCH3 is 1. The van der Waals surface area contributed by atoms with Crippen molar-refractivity contribution in [1.82, 2.24) is 10.2 Å². The normalized spacial score (nSPS) is 21.5. The van der Waals surface area contributed by atoms with E-state index in [9.17, 15) is 0 Å². The van der Waals surface area contributed by atoms with Crippen molar-refractivity contribution < 1.29 is 14.2 Å². The molecule has 0 spiro atoms. The molecular weight excluding hydrogens is 354 g/mol. The van der Waals surface area contributed by atoms with Gasteiger partial charge in [0.05, 0.1) is 13.7 Å². The zero-order valence-electron chi connectivity index (χ0n) is 16.4. The second kappa shape index (κ2) is 8.42. The first-order valence-corrected chi connectivity index (χ1v) is 9.75. The van der Waals surface area contributed by atoms with E-state index in [0.717, 1.165) is 42.7 Å². The summed E-state index contributed by atoms with van der Waals surface area (Å²) in [5.74, 6) is 3.93. The summed E-state index contributed by atoms with van der Waals surface area (Å²) in [5.41, 5.74) is 1.35. The maximum atomic E-state index is 6.03. The molecule has 2 aliphatic rings. The maximum absolute atomic E-state index is 6.03. The lowest BCUT2D eigenvalue weighted by Gasteiger charge is -2.28. The first kappa shape index (κ1) is 18.5. The van der Waals surface area contributed by atoms with Gasteiger partial charge in [-0.05, 0) is 36.2 Å². The lowest BCUT2D eigenvalue weighted by Crippen LogP contribution is -2.46. The molecule has 0 radical (unpaired) electrons. The van der Waals surface area contributed by atoms with Crippen LogP contribution in [0.3, 0.4) is 0 Å². The second-order valence-corrected chi connectivity index (χ2v) is 7.13. The minimum absolute atomic E-state index is 0.0355. The molecule has 4 rings (SSSR count). The monoisotopic (exact) mass is 381 g/mol. The molecule has 1 N–H and O–H groups in total. The number of rotatable bonds is 4. The quantitative estimate of drug-likeness (QED) is 0.652. The van der Waals surface area contributed by atoms with Crippen LogP contribution in [-0.2, 0) is 0 Å². The number of fused-ring (bicyclic) bond motifs is 1. The Morgan fingerprint density at radius 2 is 1.96 bits per heavy atom. The summed E-state index contributed by atoms with van der Waals surface area (Å²) >= 11 is 0. The molecule has 28 heavy (non-hydrogen) atoms. The topological polar surface area (TPSA) is 55.3 Å². The molecule has 2 heterocycles. The van der Waals surface area contributed by atoms with Gasteiger partial charge in [0.15, 0.2) is 17.5 Å². The zero-order chi connectivity index (χ0) is 19.3. The Kier molecular flexibility index (Phi) is 5.55. The van der Waals surface area contributed by atoms with Gasteiger partial charge in [0, 0.05) is 26.1 Å². The van der Waals surface area contributed by atoms with E-state index in [0.29, 0.717) is 19.1 Å². The summed E-state index contributed by atoms with van der Waals surface area (Å²) in [5, 5.41) is 3.45.